The Hall–Kier alpha value is -2.32. The number of hydrogen-bond donors (Lipinski definition) is 1. The van der Waals surface area contributed by atoms with Crippen LogP contribution in [0.4, 0.5) is 13.2 Å². The van der Waals surface area contributed by atoms with Gasteiger partial charge in [0, 0.05) is 37.4 Å². The van der Waals surface area contributed by atoms with Crippen LogP contribution >= 0.6 is 0 Å². The second-order valence-electron chi connectivity index (χ2n) is 6.73. The molecule has 2 heterocycles. The van der Waals surface area contributed by atoms with Gasteiger partial charge in [0.1, 0.15) is 0 Å². The van der Waals surface area contributed by atoms with E-state index in [4.69, 9.17) is 0 Å². The first-order valence-corrected chi connectivity index (χ1v) is 8.62. The number of rotatable bonds is 6. The largest absolute Gasteiger partial charge is 0.435 e. The lowest BCUT2D eigenvalue weighted by Gasteiger charge is -2.08. The second-order valence-corrected chi connectivity index (χ2v) is 6.73. The quantitative estimate of drug-likeness (QED) is 0.797. The van der Waals surface area contributed by atoms with Gasteiger partial charge in [-0.15, -0.1) is 0 Å². The van der Waals surface area contributed by atoms with Crippen molar-refractivity contribution in [1.29, 1.82) is 0 Å². The number of aromatic nitrogens is 4. The van der Waals surface area contributed by atoms with E-state index in [1.165, 1.54) is 4.68 Å². The average Bonchev–Trinajstić information content (AvgIpc) is 3.23. The molecule has 0 spiro atoms. The van der Waals surface area contributed by atoms with Gasteiger partial charge in [-0.2, -0.15) is 23.4 Å². The van der Waals surface area contributed by atoms with Crippen molar-refractivity contribution in [2.24, 2.45) is 7.05 Å². The standard InChI is InChI=1S/C17H22F3N5O/c1-10-15(11(2)24(3)22-10)16(26)21-7-4-8-25-13(12-5-6-12)9-14(23-25)17(18,19)20/h9,12H,4-8H2,1-3H3,(H,21,26). The van der Waals surface area contributed by atoms with Crippen LogP contribution in [-0.4, -0.2) is 32.0 Å². The number of amides is 1. The minimum absolute atomic E-state index is 0.175. The monoisotopic (exact) mass is 369 g/mol. The Morgan fingerprint density at radius 3 is 2.54 bits per heavy atom. The lowest BCUT2D eigenvalue weighted by Crippen LogP contribution is -2.26. The average molecular weight is 369 g/mol. The summed E-state index contributed by atoms with van der Waals surface area (Å²) in [4.78, 5) is 12.3. The van der Waals surface area contributed by atoms with E-state index < -0.39 is 11.9 Å². The van der Waals surface area contributed by atoms with Gasteiger partial charge in [0.25, 0.3) is 5.91 Å². The molecule has 0 bridgehead atoms. The van der Waals surface area contributed by atoms with Crippen molar-refractivity contribution >= 4 is 5.91 Å². The van der Waals surface area contributed by atoms with Crippen molar-refractivity contribution in [2.45, 2.75) is 51.7 Å². The highest BCUT2D eigenvalue weighted by Crippen LogP contribution is 2.42. The third-order valence-electron chi connectivity index (χ3n) is 4.67. The molecule has 0 aromatic carbocycles. The normalized spacial score (nSPS) is 14.7. The van der Waals surface area contributed by atoms with Crippen molar-refractivity contribution < 1.29 is 18.0 Å². The Morgan fingerprint density at radius 2 is 2.00 bits per heavy atom. The van der Waals surface area contributed by atoms with Crippen LogP contribution in [0.25, 0.3) is 0 Å². The van der Waals surface area contributed by atoms with Gasteiger partial charge in [-0.1, -0.05) is 0 Å². The van der Waals surface area contributed by atoms with Crippen molar-refractivity contribution in [3.05, 3.63) is 34.4 Å². The van der Waals surface area contributed by atoms with E-state index in [0.717, 1.165) is 24.6 Å². The second kappa shape index (κ2) is 6.77. The third kappa shape index (κ3) is 3.76. The van der Waals surface area contributed by atoms with Crippen LogP contribution in [0.3, 0.4) is 0 Å². The molecule has 3 rings (SSSR count). The molecule has 9 heteroatoms. The third-order valence-corrected chi connectivity index (χ3v) is 4.67. The summed E-state index contributed by atoms with van der Waals surface area (Å²) < 4.78 is 41.7. The molecule has 1 aliphatic rings. The van der Waals surface area contributed by atoms with Crippen LogP contribution in [0.5, 0.6) is 0 Å². The van der Waals surface area contributed by atoms with Gasteiger partial charge in [-0.3, -0.25) is 14.2 Å². The van der Waals surface area contributed by atoms with Crippen LogP contribution in [0.2, 0.25) is 0 Å². The Balaban J connectivity index is 1.58. The summed E-state index contributed by atoms with van der Waals surface area (Å²) in [5, 5.41) is 10.7. The number of aryl methyl sites for hydroxylation is 3. The minimum atomic E-state index is -4.43. The van der Waals surface area contributed by atoms with E-state index in [2.05, 4.69) is 15.5 Å². The molecule has 0 aliphatic heterocycles. The van der Waals surface area contributed by atoms with Crippen molar-refractivity contribution in [2.75, 3.05) is 6.54 Å². The summed E-state index contributed by atoms with van der Waals surface area (Å²) >= 11 is 0. The van der Waals surface area contributed by atoms with Crippen LogP contribution in [0.1, 0.15) is 58.3 Å². The van der Waals surface area contributed by atoms with Gasteiger partial charge >= 0.3 is 6.18 Å². The molecule has 2 aromatic rings. The maximum Gasteiger partial charge on any atom is 0.435 e. The number of nitrogens with zero attached hydrogens (tertiary/aromatic N) is 4. The SMILES string of the molecule is Cc1nn(C)c(C)c1C(=O)NCCCn1nc(C(F)(F)F)cc1C1CC1. The first-order chi connectivity index (χ1) is 12.2. The fraction of sp³-hybridized carbons (Fsp3) is 0.588. The molecule has 142 valence electrons. The van der Waals surface area contributed by atoms with Crippen molar-refractivity contribution in [1.82, 2.24) is 24.9 Å². The molecule has 1 saturated carbocycles. The van der Waals surface area contributed by atoms with E-state index in [-0.39, 0.29) is 11.8 Å². The van der Waals surface area contributed by atoms with E-state index in [9.17, 15) is 18.0 Å². The smallest absolute Gasteiger partial charge is 0.352 e. The number of halogens is 3. The van der Waals surface area contributed by atoms with Gasteiger partial charge in [-0.05, 0) is 39.2 Å². The van der Waals surface area contributed by atoms with Gasteiger partial charge < -0.3 is 5.32 Å². The molecule has 0 unspecified atom stereocenters. The van der Waals surface area contributed by atoms with Crippen LogP contribution in [0, 0.1) is 13.8 Å². The summed E-state index contributed by atoms with van der Waals surface area (Å²) in [5.74, 6) is -0.0409. The molecule has 1 aliphatic carbocycles. The number of carbonyl (C=O) groups excluding carboxylic acids is 1. The maximum atomic E-state index is 12.9. The van der Waals surface area contributed by atoms with E-state index in [0.29, 0.717) is 36.5 Å². The zero-order chi connectivity index (χ0) is 19.1. The summed E-state index contributed by atoms with van der Waals surface area (Å²) in [6.07, 6.45) is -2.13. The Morgan fingerprint density at radius 1 is 1.31 bits per heavy atom. The van der Waals surface area contributed by atoms with Gasteiger partial charge in [0.05, 0.1) is 11.3 Å². The molecule has 1 fully saturated rings. The topological polar surface area (TPSA) is 64.7 Å². The molecule has 0 radical (unpaired) electrons. The predicted octanol–water partition coefficient (Wildman–Crippen LogP) is 2.95. The lowest BCUT2D eigenvalue weighted by molar-refractivity contribution is -0.141. The number of carbonyl (C=O) groups is 1. The fourth-order valence-corrected chi connectivity index (χ4v) is 3.08. The van der Waals surface area contributed by atoms with Gasteiger partial charge in [-0.25, -0.2) is 0 Å². The number of hydrogen-bond acceptors (Lipinski definition) is 3. The first kappa shape index (κ1) is 18.5. The number of alkyl halides is 3. The number of nitrogens with one attached hydrogen (secondary N) is 1. The molecule has 0 saturated heterocycles. The lowest BCUT2D eigenvalue weighted by atomic mass is 10.2. The molecule has 2 aromatic heterocycles. The summed E-state index contributed by atoms with van der Waals surface area (Å²) in [6, 6.07) is 1.15. The predicted molar refractivity (Wildman–Crippen MR) is 88.8 cm³/mol. The van der Waals surface area contributed by atoms with Gasteiger partial charge in [0.15, 0.2) is 5.69 Å². The fourth-order valence-electron chi connectivity index (χ4n) is 3.08. The Kier molecular flexibility index (Phi) is 4.81. The van der Waals surface area contributed by atoms with E-state index in [1.807, 2.05) is 6.92 Å². The molecular weight excluding hydrogens is 347 g/mol. The van der Waals surface area contributed by atoms with Crippen molar-refractivity contribution in [3.8, 4) is 0 Å². The molecule has 1 amide bonds. The molecule has 0 atom stereocenters. The highest BCUT2D eigenvalue weighted by molar-refractivity contribution is 5.96. The zero-order valence-corrected chi connectivity index (χ0v) is 15.0. The van der Waals surface area contributed by atoms with Crippen LogP contribution in [0.15, 0.2) is 6.07 Å². The molecule has 6 nitrogen and oxygen atoms in total. The minimum Gasteiger partial charge on any atom is -0.352 e. The molecule has 1 N–H and O–H groups in total. The maximum absolute atomic E-state index is 12.9. The van der Waals surface area contributed by atoms with E-state index >= 15 is 0 Å². The Bertz CT molecular complexity index is 817. The van der Waals surface area contributed by atoms with Crippen LogP contribution < -0.4 is 5.32 Å². The van der Waals surface area contributed by atoms with Crippen LogP contribution in [-0.2, 0) is 19.8 Å². The summed E-state index contributed by atoms with van der Waals surface area (Å²) in [5.41, 5.74) is 1.77. The highest BCUT2D eigenvalue weighted by atomic mass is 19.4. The Labute approximate surface area is 149 Å². The summed E-state index contributed by atoms with van der Waals surface area (Å²) in [7, 11) is 1.77. The van der Waals surface area contributed by atoms with Gasteiger partial charge in [0.2, 0.25) is 0 Å². The first-order valence-electron chi connectivity index (χ1n) is 8.62. The van der Waals surface area contributed by atoms with Crippen molar-refractivity contribution in [3.63, 3.8) is 0 Å². The zero-order valence-electron chi connectivity index (χ0n) is 15.0. The molecule has 26 heavy (non-hydrogen) atoms. The van der Waals surface area contributed by atoms with E-state index in [1.54, 1.807) is 18.7 Å². The highest BCUT2D eigenvalue weighted by Gasteiger charge is 2.37. The molecular formula is C17H22F3N5O. The summed E-state index contributed by atoms with van der Waals surface area (Å²) in [6.45, 7) is 4.29.